The standard InChI is InChI=1S/C22H25FO3S/c1-16(2)9-14-21(27(25)19-12-10-17(3)11-13-19)20(15-23)26-22(24)18-7-5-4-6-8-18/h4-13,20-21H,14-15H2,1-3H3/t20-,21-,27+/m1/s1. The molecule has 0 amide bonds. The number of hydrogen-bond acceptors (Lipinski definition) is 3. The number of aryl methyl sites for hydroxylation is 1. The summed E-state index contributed by atoms with van der Waals surface area (Å²) in [5, 5.41) is -0.666. The smallest absolute Gasteiger partial charge is 0.338 e. The summed E-state index contributed by atoms with van der Waals surface area (Å²) >= 11 is 0. The van der Waals surface area contributed by atoms with E-state index in [9.17, 15) is 13.4 Å². The maximum Gasteiger partial charge on any atom is 0.338 e. The Morgan fingerprint density at radius 3 is 2.30 bits per heavy atom. The van der Waals surface area contributed by atoms with Gasteiger partial charge in [-0.1, -0.05) is 47.5 Å². The van der Waals surface area contributed by atoms with Crippen molar-refractivity contribution in [2.75, 3.05) is 6.67 Å². The van der Waals surface area contributed by atoms with E-state index >= 15 is 0 Å². The number of esters is 1. The highest BCUT2D eigenvalue weighted by atomic mass is 32.2. The lowest BCUT2D eigenvalue weighted by atomic mass is 10.1. The van der Waals surface area contributed by atoms with Crippen LogP contribution in [-0.2, 0) is 15.5 Å². The van der Waals surface area contributed by atoms with E-state index in [-0.39, 0.29) is 0 Å². The van der Waals surface area contributed by atoms with Crippen molar-refractivity contribution in [2.24, 2.45) is 0 Å². The van der Waals surface area contributed by atoms with E-state index in [4.69, 9.17) is 4.74 Å². The van der Waals surface area contributed by atoms with Gasteiger partial charge >= 0.3 is 5.97 Å². The molecule has 144 valence electrons. The first-order valence-corrected chi connectivity index (χ1v) is 10.1. The van der Waals surface area contributed by atoms with Crippen molar-refractivity contribution in [1.29, 1.82) is 0 Å². The fourth-order valence-electron chi connectivity index (χ4n) is 2.56. The molecule has 2 rings (SSSR count). The molecule has 0 aliphatic rings. The SMILES string of the molecule is CC(C)=CC[C@H]([C@@H](CF)OC(=O)c1ccccc1)[S@@](=O)c1ccc(C)cc1. The Morgan fingerprint density at radius 1 is 1.11 bits per heavy atom. The molecule has 0 saturated heterocycles. The molecule has 0 unspecified atom stereocenters. The molecule has 27 heavy (non-hydrogen) atoms. The van der Waals surface area contributed by atoms with Crippen LogP contribution in [0.25, 0.3) is 0 Å². The first-order chi connectivity index (χ1) is 12.9. The number of allylic oxidation sites excluding steroid dienone is 2. The van der Waals surface area contributed by atoms with Gasteiger partial charge in [-0.05, 0) is 51.5 Å². The van der Waals surface area contributed by atoms with Crippen LogP contribution in [0.2, 0.25) is 0 Å². The number of hydrogen-bond donors (Lipinski definition) is 0. The molecular formula is C22H25FO3S. The van der Waals surface area contributed by atoms with E-state index in [1.165, 1.54) is 0 Å². The molecule has 0 N–H and O–H groups in total. The second-order valence-electron chi connectivity index (χ2n) is 6.63. The zero-order valence-corrected chi connectivity index (χ0v) is 16.7. The highest BCUT2D eigenvalue weighted by Gasteiger charge is 2.31. The van der Waals surface area contributed by atoms with Crippen LogP contribution in [0.1, 0.15) is 36.2 Å². The van der Waals surface area contributed by atoms with Crippen LogP contribution in [0.4, 0.5) is 4.39 Å². The third-order valence-electron chi connectivity index (χ3n) is 4.12. The van der Waals surface area contributed by atoms with Crippen molar-refractivity contribution in [3.63, 3.8) is 0 Å². The number of halogens is 1. The largest absolute Gasteiger partial charge is 0.455 e. The zero-order valence-electron chi connectivity index (χ0n) is 15.9. The van der Waals surface area contributed by atoms with Crippen LogP contribution in [0.5, 0.6) is 0 Å². The molecule has 0 heterocycles. The van der Waals surface area contributed by atoms with Gasteiger partial charge in [0.1, 0.15) is 12.8 Å². The summed E-state index contributed by atoms with van der Waals surface area (Å²) in [4.78, 5) is 13.0. The van der Waals surface area contributed by atoms with E-state index in [1.54, 1.807) is 42.5 Å². The lowest BCUT2D eigenvalue weighted by molar-refractivity contribution is 0.0233. The molecule has 0 spiro atoms. The number of alkyl halides is 1. The normalized spacial score (nSPS) is 14.1. The molecule has 0 radical (unpaired) electrons. The highest BCUT2D eigenvalue weighted by molar-refractivity contribution is 7.85. The number of carbonyl (C=O) groups is 1. The van der Waals surface area contributed by atoms with Crippen LogP contribution in [0.15, 0.2) is 71.1 Å². The van der Waals surface area contributed by atoms with Crippen molar-refractivity contribution in [3.8, 4) is 0 Å². The average Bonchev–Trinajstić information content (AvgIpc) is 2.67. The first kappa shape index (κ1) is 21.0. The van der Waals surface area contributed by atoms with Crippen molar-refractivity contribution in [2.45, 2.75) is 43.4 Å². The minimum atomic E-state index is -1.51. The van der Waals surface area contributed by atoms with Crippen LogP contribution in [0, 0.1) is 6.92 Å². The van der Waals surface area contributed by atoms with E-state index < -0.39 is 34.8 Å². The molecular weight excluding hydrogens is 363 g/mol. The van der Waals surface area contributed by atoms with Gasteiger partial charge in [0.2, 0.25) is 0 Å². The van der Waals surface area contributed by atoms with E-state index in [0.29, 0.717) is 16.9 Å². The lowest BCUT2D eigenvalue weighted by Gasteiger charge is -2.24. The van der Waals surface area contributed by atoms with Crippen LogP contribution >= 0.6 is 0 Å². The second kappa shape index (κ2) is 10.2. The lowest BCUT2D eigenvalue weighted by Crippen LogP contribution is -2.36. The van der Waals surface area contributed by atoms with Gasteiger partial charge in [-0.3, -0.25) is 4.21 Å². The minimum Gasteiger partial charge on any atom is -0.455 e. The summed E-state index contributed by atoms with van der Waals surface area (Å²) in [6.45, 7) is 4.90. The monoisotopic (exact) mass is 388 g/mol. The number of benzene rings is 2. The molecule has 0 fully saturated rings. The maximum absolute atomic E-state index is 13.8. The Bertz CT molecular complexity index is 796. The number of carbonyl (C=O) groups excluding carboxylic acids is 1. The third-order valence-corrected chi connectivity index (χ3v) is 5.90. The Hall–Kier alpha value is -2.27. The van der Waals surface area contributed by atoms with Crippen LogP contribution in [-0.4, -0.2) is 28.2 Å². The summed E-state index contributed by atoms with van der Waals surface area (Å²) in [6, 6.07) is 15.7. The van der Waals surface area contributed by atoms with Gasteiger partial charge in [-0.2, -0.15) is 0 Å². The molecule has 0 bridgehead atoms. The van der Waals surface area contributed by atoms with Gasteiger partial charge in [-0.25, -0.2) is 9.18 Å². The van der Waals surface area contributed by atoms with Gasteiger partial charge < -0.3 is 4.74 Å². The summed E-state index contributed by atoms with van der Waals surface area (Å²) in [7, 11) is -1.51. The predicted molar refractivity (Wildman–Crippen MR) is 107 cm³/mol. The quantitative estimate of drug-likeness (QED) is 0.471. The Labute approximate surface area is 162 Å². The van der Waals surface area contributed by atoms with Gasteiger partial charge in [0, 0.05) is 4.90 Å². The zero-order chi connectivity index (χ0) is 19.8. The average molecular weight is 389 g/mol. The minimum absolute atomic E-state index is 0.345. The van der Waals surface area contributed by atoms with Gasteiger partial charge in [0.15, 0.2) is 0 Å². The van der Waals surface area contributed by atoms with Crippen molar-refractivity contribution < 1.29 is 18.1 Å². The van der Waals surface area contributed by atoms with Gasteiger partial charge in [0.25, 0.3) is 0 Å². The molecule has 0 saturated carbocycles. The Kier molecular flexibility index (Phi) is 7.92. The van der Waals surface area contributed by atoms with Gasteiger partial charge in [-0.15, -0.1) is 0 Å². The molecule has 2 aromatic rings. The molecule has 0 aromatic heterocycles. The van der Waals surface area contributed by atoms with Gasteiger partial charge in [0.05, 0.1) is 21.6 Å². The molecule has 3 nitrogen and oxygen atoms in total. The fraction of sp³-hybridized carbons (Fsp3) is 0.318. The second-order valence-corrected chi connectivity index (χ2v) is 8.30. The highest BCUT2D eigenvalue weighted by Crippen LogP contribution is 2.22. The van der Waals surface area contributed by atoms with E-state index in [0.717, 1.165) is 11.1 Å². The van der Waals surface area contributed by atoms with E-state index in [2.05, 4.69) is 0 Å². The molecule has 2 aromatic carbocycles. The van der Waals surface area contributed by atoms with Crippen molar-refractivity contribution >= 4 is 16.8 Å². The van der Waals surface area contributed by atoms with Crippen LogP contribution in [0.3, 0.4) is 0 Å². The van der Waals surface area contributed by atoms with Crippen molar-refractivity contribution in [3.05, 3.63) is 77.4 Å². The summed E-state index contributed by atoms with van der Waals surface area (Å²) in [5.74, 6) is -0.610. The number of rotatable bonds is 8. The topological polar surface area (TPSA) is 43.4 Å². The Morgan fingerprint density at radius 2 is 1.74 bits per heavy atom. The predicted octanol–water partition coefficient (Wildman–Crippen LogP) is 5.02. The molecule has 3 atom stereocenters. The van der Waals surface area contributed by atoms with Crippen molar-refractivity contribution in [1.82, 2.24) is 0 Å². The number of ether oxygens (including phenoxy) is 1. The van der Waals surface area contributed by atoms with Crippen LogP contribution < -0.4 is 0 Å². The summed E-state index contributed by atoms with van der Waals surface area (Å²) in [6.07, 6.45) is 1.17. The maximum atomic E-state index is 13.8. The first-order valence-electron chi connectivity index (χ1n) is 8.85. The molecule has 5 heteroatoms. The summed E-state index contributed by atoms with van der Waals surface area (Å²) in [5.41, 5.74) is 2.43. The van der Waals surface area contributed by atoms with E-state index in [1.807, 2.05) is 39.0 Å². The molecule has 0 aliphatic carbocycles. The molecule has 0 aliphatic heterocycles. The summed E-state index contributed by atoms with van der Waals surface area (Å²) < 4.78 is 32.3. The Balaban J connectivity index is 2.26. The fourth-order valence-corrected chi connectivity index (χ4v) is 3.99. The third kappa shape index (κ3) is 6.14.